The molecule has 0 spiro atoms. The molecular weight excluding hydrogens is 304 g/mol. The fourth-order valence-corrected chi connectivity index (χ4v) is 3.40. The normalized spacial score (nSPS) is 22.2. The first kappa shape index (κ1) is 16.7. The minimum absolute atomic E-state index is 0.0204. The van der Waals surface area contributed by atoms with E-state index < -0.39 is 0 Å². The summed E-state index contributed by atoms with van der Waals surface area (Å²) < 4.78 is 5.36. The number of amides is 2. The number of hydrogen-bond donors (Lipinski definition) is 0. The lowest BCUT2D eigenvalue weighted by atomic mass is 10.0. The Hall–Kier alpha value is -2.14. The molecule has 5 heteroatoms. The van der Waals surface area contributed by atoms with Crippen LogP contribution in [0.5, 0.6) is 0 Å². The summed E-state index contributed by atoms with van der Waals surface area (Å²) in [5.74, 6) is -0.0709. The van der Waals surface area contributed by atoms with Gasteiger partial charge in [-0.2, -0.15) is 0 Å². The van der Waals surface area contributed by atoms with Gasteiger partial charge in [0.1, 0.15) is 6.54 Å². The van der Waals surface area contributed by atoms with E-state index in [9.17, 15) is 9.59 Å². The molecule has 2 aliphatic heterocycles. The van der Waals surface area contributed by atoms with E-state index in [-0.39, 0.29) is 24.4 Å². The highest BCUT2D eigenvalue weighted by Crippen LogP contribution is 2.19. The van der Waals surface area contributed by atoms with Crippen LogP contribution in [0.25, 0.3) is 5.57 Å². The summed E-state index contributed by atoms with van der Waals surface area (Å²) in [6.07, 6.45) is 2.54. The predicted molar refractivity (Wildman–Crippen MR) is 92.3 cm³/mol. The van der Waals surface area contributed by atoms with Crippen molar-refractivity contribution < 1.29 is 14.3 Å². The van der Waals surface area contributed by atoms with Gasteiger partial charge in [-0.05, 0) is 37.0 Å². The summed E-state index contributed by atoms with van der Waals surface area (Å²) in [6, 6.07) is 8.18. The third-order valence-corrected chi connectivity index (χ3v) is 4.83. The smallest absolute Gasteiger partial charge is 0.247 e. The molecule has 2 aliphatic rings. The Morgan fingerprint density at radius 2 is 2.08 bits per heavy atom. The molecule has 0 radical (unpaired) electrons. The molecule has 0 aliphatic carbocycles. The number of hydrogen-bond acceptors (Lipinski definition) is 3. The largest absolute Gasteiger partial charge is 0.379 e. The lowest BCUT2D eigenvalue weighted by molar-refractivity contribution is -0.145. The Balaban J connectivity index is 1.65. The second-order valence-corrected chi connectivity index (χ2v) is 6.51. The molecule has 2 heterocycles. The van der Waals surface area contributed by atoms with Crippen LogP contribution < -0.4 is 0 Å². The van der Waals surface area contributed by atoms with Crippen molar-refractivity contribution in [3.63, 3.8) is 0 Å². The number of ether oxygens (including phenoxy) is 1. The lowest BCUT2D eigenvalue weighted by Crippen LogP contribution is -2.55. The van der Waals surface area contributed by atoms with E-state index in [0.29, 0.717) is 19.7 Å². The van der Waals surface area contributed by atoms with E-state index in [1.165, 1.54) is 0 Å². The first-order valence-electron chi connectivity index (χ1n) is 8.46. The van der Waals surface area contributed by atoms with Crippen LogP contribution in [0.2, 0.25) is 0 Å². The number of nitrogens with zero attached hydrogens (tertiary/aromatic N) is 2. The molecule has 1 aromatic carbocycles. The number of rotatable bonds is 3. The van der Waals surface area contributed by atoms with Gasteiger partial charge in [0.25, 0.3) is 0 Å². The molecule has 3 rings (SSSR count). The Morgan fingerprint density at radius 3 is 2.75 bits per heavy atom. The average molecular weight is 328 g/mol. The molecule has 0 saturated carbocycles. The van der Waals surface area contributed by atoms with Gasteiger partial charge in [-0.3, -0.25) is 9.59 Å². The Bertz CT molecular complexity index is 662. The number of carbonyl (C=O) groups is 2. The first-order valence-corrected chi connectivity index (χ1v) is 8.46. The highest BCUT2D eigenvalue weighted by molar-refractivity contribution is 5.97. The van der Waals surface area contributed by atoms with Gasteiger partial charge in [0.15, 0.2) is 0 Å². The van der Waals surface area contributed by atoms with Crippen molar-refractivity contribution in [2.75, 3.05) is 32.8 Å². The van der Waals surface area contributed by atoms with Crippen molar-refractivity contribution >= 4 is 17.4 Å². The molecule has 24 heavy (non-hydrogen) atoms. The van der Waals surface area contributed by atoms with Gasteiger partial charge in [-0.15, -0.1) is 0 Å². The zero-order valence-electron chi connectivity index (χ0n) is 14.3. The van der Waals surface area contributed by atoms with Crippen LogP contribution in [0.3, 0.4) is 0 Å². The maximum atomic E-state index is 12.5. The maximum Gasteiger partial charge on any atom is 0.247 e. The number of benzene rings is 1. The van der Waals surface area contributed by atoms with Gasteiger partial charge in [0, 0.05) is 25.8 Å². The third kappa shape index (κ3) is 3.51. The van der Waals surface area contributed by atoms with Crippen LogP contribution in [0.15, 0.2) is 30.3 Å². The molecule has 2 fully saturated rings. The fourth-order valence-electron chi connectivity index (χ4n) is 3.40. The van der Waals surface area contributed by atoms with Gasteiger partial charge >= 0.3 is 0 Å². The quantitative estimate of drug-likeness (QED) is 0.796. The van der Waals surface area contributed by atoms with Crippen LogP contribution in [0.1, 0.15) is 24.5 Å². The second kappa shape index (κ2) is 7.18. The Morgan fingerprint density at radius 1 is 1.29 bits per heavy atom. The van der Waals surface area contributed by atoms with Crippen molar-refractivity contribution in [3.8, 4) is 0 Å². The van der Waals surface area contributed by atoms with Crippen LogP contribution in [0.4, 0.5) is 0 Å². The summed E-state index contributed by atoms with van der Waals surface area (Å²) >= 11 is 0. The van der Waals surface area contributed by atoms with Crippen LogP contribution in [-0.2, 0) is 14.3 Å². The van der Waals surface area contributed by atoms with Crippen LogP contribution >= 0.6 is 0 Å². The number of carbonyl (C=O) groups excluding carboxylic acids is 2. The number of allylic oxidation sites excluding steroid dienone is 1. The number of aryl methyl sites for hydroxylation is 1. The van der Waals surface area contributed by atoms with E-state index in [1.54, 1.807) is 11.0 Å². The van der Waals surface area contributed by atoms with Crippen molar-refractivity contribution in [2.24, 2.45) is 0 Å². The van der Waals surface area contributed by atoms with Crippen LogP contribution in [0, 0.1) is 6.92 Å². The SMILES string of the molecule is C/C(=C\C(=O)N1CCN(C2CCOC2)C(=O)C1)c1ccccc1C. The zero-order chi connectivity index (χ0) is 17.1. The fraction of sp³-hybridized carbons (Fsp3) is 0.474. The summed E-state index contributed by atoms with van der Waals surface area (Å²) in [4.78, 5) is 28.4. The summed E-state index contributed by atoms with van der Waals surface area (Å²) in [5.41, 5.74) is 3.14. The predicted octanol–water partition coefficient (Wildman–Crippen LogP) is 1.86. The molecule has 1 unspecified atom stereocenters. The molecule has 128 valence electrons. The molecule has 1 atom stereocenters. The minimum atomic E-state index is -0.0913. The van der Waals surface area contributed by atoms with Gasteiger partial charge in [0.05, 0.1) is 12.6 Å². The molecule has 0 bridgehead atoms. The highest BCUT2D eigenvalue weighted by atomic mass is 16.5. The average Bonchev–Trinajstić information content (AvgIpc) is 3.09. The van der Waals surface area contributed by atoms with E-state index in [1.807, 2.05) is 43.0 Å². The standard InChI is InChI=1S/C19H24N2O3/c1-14-5-3-4-6-17(14)15(2)11-18(22)20-8-9-21(19(23)12-20)16-7-10-24-13-16/h3-6,11,16H,7-10,12-13H2,1-2H3/b15-11+. The van der Waals surface area contributed by atoms with Crippen LogP contribution in [-0.4, -0.2) is 60.5 Å². The van der Waals surface area contributed by atoms with Crippen molar-refractivity contribution in [3.05, 3.63) is 41.5 Å². The van der Waals surface area contributed by atoms with Gasteiger partial charge in [-0.25, -0.2) is 0 Å². The molecule has 1 aromatic rings. The van der Waals surface area contributed by atoms with Crippen molar-refractivity contribution in [1.82, 2.24) is 9.80 Å². The van der Waals surface area contributed by atoms with E-state index in [0.717, 1.165) is 29.7 Å². The molecule has 2 amide bonds. The summed E-state index contributed by atoms with van der Waals surface area (Å²) in [6.45, 7) is 6.64. The maximum absolute atomic E-state index is 12.5. The van der Waals surface area contributed by atoms with Gasteiger partial charge < -0.3 is 14.5 Å². The monoisotopic (exact) mass is 328 g/mol. The van der Waals surface area contributed by atoms with Crippen molar-refractivity contribution in [2.45, 2.75) is 26.3 Å². The topological polar surface area (TPSA) is 49.9 Å². The summed E-state index contributed by atoms with van der Waals surface area (Å²) in [5, 5.41) is 0. The molecule has 2 saturated heterocycles. The van der Waals surface area contributed by atoms with Crippen molar-refractivity contribution in [1.29, 1.82) is 0 Å². The lowest BCUT2D eigenvalue weighted by Gasteiger charge is -2.37. The zero-order valence-corrected chi connectivity index (χ0v) is 14.3. The molecule has 0 N–H and O–H groups in total. The molecule has 0 aromatic heterocycles. The van der Waals surface area contributed by atoms with E-state index >= 15 is 0 Å². The Labute approximate surface area is 142 Å². The molecular formula is C19H24N2O3. The summed E-state index contributed by atoms with van der Waals surface area (Å²) in [7, 11) is 0. The number of piperazine rings is 1. The molecule has 5 nitrogen and oxygen atoms in total. The Kier molecular flexibility index (Phi) is 5.00. The van der Waals surface area contributed by atoms with E-state index in [4.69, 9.17) is 4.74 Å². The minimum Gasteiger partial charge on any atom is -0.379 e. The van der Waals surface area contributed by atoms with E-state index in [2.05, 4.69) is 0 Å². The third-order valence-electron chi connectivity index (χ3n) is 4.83. The van der Waals surface area contributed by atoms with Gasteiger partial charge in [-0.1, -0.05) is 24.3 Å². The highest BCUT2D eigenvalue weighted by Gasteiger charge is 2.32. The second-order valence-electron chi connectivity index (χ2n) is 6.51. The first-order chi connectivity index (χ1) is 11.6. The van der Waals surface area contributed by atoms with Gasteiger partial charge in [0.2, 0.25) is 11.8 Å².